The zero-order valence-corrected chi connectivity index (χ0v) is 10.7. The molecule has 1 saturated heterocycles. The summed E-state index contributed by atoms with van der Waals surface area (Å²) in [7, 11) is 0. The molecule has 2 rings (SSSR count). The van der Waals surface area contributed by atoms with E-state index in [1.54, 1.807) is 4.90 Å². The Morgan fingerprint density at radius 1 is 1.53 bits per heavy atom. The third-order valence-electron chi connectivity index (χ3n) is 3.56. The van der Waals surface area contributed by atoms with E-state index in [0.717, 1.165) is 18.6 Å². The van der Waals surface area contributed by atoms with Gasteiger partial charge in [-0.25, -0.2) is 13.6 Å². The molecule has 0 bridgehead atoms. The lowest BCUT2D eigenvalue weighted by Crippen LogP contribution is -2.44. The summed E-state index contributed by atoms with van der Waals surface area (Å²) in [5.41, 5.74) is 5.62. The number of nitrogens with zero attached hydrogens (tertiary/aromatic N) is 1. The molecule has 1 aromatic rings. The highest BCUT2D eigenvalue weighted by Crippen LogP contribution is 2.24. The van der Waals surface area contributed by atoms with Crippen molar-refractivity contribution in [2.75, 3.05) is 18.4 Å². The van der Waals surface area contributed by atoms with Crippen molar-refractivity contribution < 1.29 is 13.6 Å². The standard InChI is InChI=1S/C13H17F2N3O/c1-8-4-5-18(12(8)7-16)13(19)17-11-3-2-9(14)6-10(11)15/h2-3,6,8,12H,4-5,7,16H2,1H3,(H,17,19). The molecule has 1 aliphatic heterocycles. The molecule has 0 aromatic heterocycles. The number of urea groups is 1. The van der Waals surface area contributed by atoms with Gasteiger partial charge in [0.2, 0.25) is 0 Å². The molecule has 4 nitrogen and oxygen atoms in total. The first kappa shape index (κ1) is 13.7. The molecule has 2 amide bonds. The molecule has 0 aliphatic carbocycles. The van der Waals surface area contributed by atoms with Crippen LogP contribution in [0, 0.1) is 17.6 Å². The van der Waals surface area contributed by atoms with Crippen LogP contribution >= 0.6 is 0 Å². The number of benzene rings is 1. The topological polar surface area (TPSA) is 58.4 Å². The lowest BCUT2D eigenvalue weighted by atomic mass is 10.0. The van der Waals surface area contributed by atoms with Crippen molar-refractivity contribution in [2.45, 2.75) is 19.4 Å². The fourth-order valence-electron chi connectivity index (χ4n) is 2.40. The maximum atomic E-state index is 13.5. The fraction of sp³-hybridized carbons (Fsp3) is 0.462. The quantitative estimate of drug-likeness (QED) is 0.864. The van der Waals surface area contributed by atoms with Gasteiger partial charge in [-0.1, -0.05) is 6.92 Å². The summed E-state index contributed by atoms with van der Waals surface area (Å²) in [6.07, 6.45) is 0.876. The van der Waals surface area contributed by atoms with Gasteiger partial charge in [-0.05, 0) is 24.5 Å². The van der Waals surface area contributed by atoms with E-state index in [-0.39, 0.29) is 11.7 Å². The van der Waals surface area contributed by atoms with E-state index in [1.165, 1.54) is 6.07 Å². The van der Waals surface area contributed by atoms with Crippen molar-refractivity contribution in [3.05, 3.63) is 29.8 Å². The van der Waals surface area contributed by atoms with Gasteiger partial charge < -0.3 is 16.0 Å². The van der Waals surface area contributed by atoms with Crippen LogP contribution in [0.5, 0.6) is 0 Å². The lowest BCUT2D eigenvalue weighted by molar-refractivity contribution is 0.202. The van der Waals surface area contributed by atoms with Crippen molar-refractivity contribution in [1.82, 2.24) is 4.90 Å². The predicted octanol–water partition coefficient (Wildman–Crippen LogP) is 2.17. The van der Waals surface area contributed by atoms with Crippen LogP contribution in [0.15, 0.2) is 18.2 Å². The SMILES string of the molecule is CC1CCN(C(=O)Nc2ccc(F)cc2F)C1CN. The number of carbonyl (C=O) groups excluding carboxylic acids is 1. The molecule has 1 heterocycles. The second-order valence-electron chi connectivity index (χ2n) is 4.82. The molecule has 6 heteroatoms. The Kier molecular flexibility index (Phi) is 3.99. The van der Waals surface area contributed by atoms with Crippen LogP contribution in [0.3, 0.4) is 0 Å². The van der Waals surface area contributed by atoms with Gasteiger partial charge in [0.05, 0.1) is 5.69 Å². The average molecular weight is 269 g/mol. The van der Waals surface area contributed by atoms with Crippen LogP contribution in [0.25, 0.3) is 0 Å². The van der Waals surface area contributed by atoms with E-state index in [4.69, 9.17) is 5.73 Å². The minimum Gasteiger partial charge on any atom is -0.328 e. The summed E-state index contributed by atoms with van der Waals surface area (Å²) in [5.74, 6) is -1.14. The Hall–Kier alpha value is -1.69. The van der Waals surface area contributed by atoms with E-state index in [1.807, 2.05) is 6.92 Å². The number of nitrogens with one attached hydrogen (secondary N) is 1. The number of rotatable bonds is 2. The lowest BCUT2D eigenvalue weighted by Gasteiger charge is -2.26. The van der Waals surface area contributed by atoms with E-state index in [9.17, 15) is 13.6 Å². The van der Waals surface area contributed by atoms with Gasteiger partial charge in [-0.2, -0.15) is 0 Å². The normalized spacial score (nSPS) is 22.6. The second-order valence-corrected chi connectivity index (χ2v) is 4.82. The molecule has 1 fully saturated rings. The maximum Gasteiger partial charge on any atom is 0.322 e. The first-order valence-corrected chi connectivity index (χ1v) is 6.25. The van der Waals surface area contributed by atoms with Crippen molar-refractivity contribution in [3.8, 4) is 0 Å². The van der Waals surface area contributed by atoms with Crippen LogP contribution in [0.4, 0.5) is 19.3 Å². The Balaban J connectivity index is 2.09. The van der Waals surface area contributed by atoms with E-state index >= 15 is 0 Å². The molecule has 0 spiro atoms. The molecule has 2 atom stereocenters. The smallest absolute Gasteiger partial charge is 0.322 e. The number of hydrogen-bond acceptors (Lipinski definition) is 2. The zero-order valence-electron chi connectivity index (χ0n) is 10.7. The molecular weight excluding hydrogens is 252 g/mol. The molecule has 19 heavy (non-hydrogen) atoms. The number of anilines is 1. The van der Waals surface area contributed by atoms with Crippen LogP contribution < -0.4 is 11.1 Å². The average Bonchev–Trinajstić information content (AvgIpc) is 2.74. The minimum absolute atomic E-state index is 0.0262. The van der Waals surface area contributed by atoms with E-state index in [0.29, 0.717) is 19.0 Å². The van der Waals surface area contributed by atoms with Gasteiger partial charge in [-0.3, -0.25) is 0 Å². The number of carbonyl (C=O) groups is 1. The van der Waals surface area contributed by atoms with Crippen molar-refractivity contribution in [3.63, 3.8) is 0 Å². The summed E-state index contributed by atoms with van der Waals surface area (Å²) in [6.45, 7) is 3.00. The first-order chi connectivity index (χ1) is 9.02. The number of nitrogens with two attached hydrogens (primary N) is 1. The Morgan fingerprint density at radius 2 is 2.26 bits per heavy atom. The highest BCUT2D eigenvalue weighted by Gasteiger charge is 2.33. The summed E-state index contributed by atoms with van der Waals surface area (Å²) < 4.78 is 26.2. The van der Waals surface area contributed by atoms with Crippen molar-refractivity contribution in [2.24, 2.45) is 11.7 Å². The maximum absolute atomic E-state index is 13.5. The minimum atomic E-state index is -0.787. The van der Waals surface area contributed by atoms with Crippen LogP contribution in [-0.4, -0.2) is 30.1 Å². The molecule has 104 valence electrons. The van der Waals surface area contributed by atoms with Gasteiger partial charge in [0.25, 0.3) is 0 Å². The van der Waals surface area contributed by atoms with Crippen molar-refractivity contribution in [1.29, 1.82) is 0 Å². The van der Waals surface area contributed by atoms with E-state index in [2.05, 4.69) is 5.32 Å². The number of hydrogen-bond donors (Lipinski definition) is 2. The summed E-state index contributed by atoms with van der Waals surface area (Å²) in [6, 6.07) is 2.61. The van der Waals surface area contributed by atoms with Crippen molar-refractivity contribution >= 4 is 11.7 Å². The molecule has 2 unspecified atom stereocenters. The zero-order chi connectivity index (χ0) is 14.0. The molecule has 1 aromatic carbocycles. The van der Waals surface area contributed by atoms with Gasteiger partial charge in [0, 0.05) is 25.2 Å². The Labute approximate surface area is 110 Å². The van der Waals surface area contributed by atoms with Crippen LogP contribution in [0.2, 0.25) is 0 Å². The van der Waals surface area contributed by atoms with Gasteiger partial charge >= 0.3 is 6.03 Å². The molecule has 1 aliphatic rings. The summed E-state index contributed by atoms with van der Waals surface area (Å²) in [5, 5.41) is 2.45. The fourth-order valence-corrected chi connectivity index (χ4v) is 2.40. The molecule has 0 saturated carbocycles. The van der Waals surface area contributed by atoms with Crippen LogP contribution in [-0.2, 0) is 0 Å². The largest absolute Gasteiger partial charge is 0.328 e. The summed E-state index contributed by atoms with van der Waals surface area (Å²) >= 11 is 0. The van der Waals surface area contributed by atoms with E-state index < -0.39 is 17.7 Å². The molecular formula is C13H17F2N3O. The first-order valence-electron chi connectivity index (χ1n) is 6.25. The van der Waals surface area contributed by atoms with Gasteiger partial charge in [-0.15, -0.1) is 0 Å². The number of amides is 2. The second kappa shape index (κ2) is 5.52. The number of halogens is 2. The summed E-state index contributed by atoms with van der Waals surface area (Å²) in [4.78, 5) is 13.7. The third-order valence-corrected chi connectivity index (χ3v) is 3.56. The van der Waals surface area contributed by atoms with Gasteiger partial charge in [0.15, 0.2) is 0 Å². The number of likely N-dealkylation sites (tertiary alicyclic amines) is 1. The third kappa shape index (κ3) is 2.84. The van der Waals surface area contributed by atoms with Gasteiger partial charge in [0.1, 0.15) is 11.6 Å². The predicted molar refractivity (Wildman–Crippen MR) is 68.7 cm³/mol. The highest BCUT2D eigenvalue weighted by atomic mass is 19.1. The highest BCUT2D eigenvalue weighted by molar-refractivity contribution is 5.89. The molecule has 0 radical (unpaired) electrons. The van der Waals surface area contributed by atoms with Crippen LogP contribution in [0.1, 0.15) is 13.3 Å². The Bertz CT molecular complexity index is 481. The Morgan fingerprint density at radius 3 is 2.89 bits per heavy atom. The monoisotopic (exact) mass is 269 g/mol. The molecule has 3 N–H and O–H groups in total.